The molecule has 0 spiro atoms. The van der Waals surface area contributed by atoms with Gasteiger partial charge in [-0.2, -0.15) is 0 Å². The molecule has 1 unspecified atom stereocenters. The maximum Gasteiger partial charge on any atom is 0.157 e. The first-order chi connectivity index (χ1) is 6.20. The standard InChI is InChI=1S/C9H18N2OS/c1-4-9(2)7-13-8(11-9)10-5-6-12-3/h4-7H2,1-3H3,(H,10,11). The third kappa shape index (κ3) is 3.19. The third-order valence-corrected chi connectivity index (χ3v) is 3.55. The molecule has 0 aromatic heterocycles. The normalized spacial score (nSPS) is 30.8. The van der Waals surface area contributed by atoms with Crippen molar-refractivity contribution in [2.45, 2.75) is 25.8 Å². The Kier molecular flexibility index (Phi) is 4.06. The Morgan fingerprint density at radius 2 is 2.46 bits per heavy atom. The van der Waals surface area contributed by atoms with Gasteiger partial charge in [0.25, 0.3) is 0 Å². The van der Waals surface area contributed by atoms with E-state index < -0.39 is 0 Å². The number of nitrogens with zero attached hydrogens (tertiary/aromatic N) is 1. The van der Waals surface area contributed by atoms with Crippen molar-refractivity contribution < 1.29 is 4.74 Å². The number of methoxy groups -OCH3 is 1. The van der Waals surface area contributed by atoms with Crippen molar-refractivity contribution in [3.05, 3.63) is 0 Å². The molecule has 1 heterocycles. The van der Waals surface area contributed by atoms with Crippen molar-refractivity contribution in [2.24, 2.45) is 4.99 Å². The summed E-state index contributed by atoms with van der Waals surface area (Å²) in [5.74, 6) is 1.12. The molecule has 13 heavy (non-hydrogen) atoms. The average Bonchev–Trinajstić information content (AvgIpc) is 2.50. The molecule has 1 N–H and O–H groups in total. The monoisotopic (exact) mass is 202 g/mol. The van der Waals surface area contributed by atoms with Crippen molar-refractivity contribution in [3.63, 3.8) is 0 Å². The number of aliphatic imine (C=N–C) groups is 1. The third-order valence-electron chi connectivity index (χ3n) is 2.27. The summed E-state index contributed by atoms with van der Waals surface area (Å²) in [6, 6.07) is 0. The summed E-state index contributed by atoms with van der Waals surface area (Å²) in [5.41, 5.74) is 0.247. The van der Waals surface area contributed by atoms with Crippen molar-refractivity contribution in [3.8, 4) is 0 Å². The first-order valence-corrected chi connectivity index (χ1v) is 5.63. The van der Waals surface area contributed by atoms with Crippen LogP contribution in [0, 0.1) is 0 Å². The molecular formula is C9H18N2OS. The molecule has 1 aliphatic rings. The highest BCUT2D eigenvalue weighted by atomic mass is 32.2. The summed E-state index contributed by atoms with van der Waals surface area (Å²) in [7, 11) is 1.70. The van der Waals surface area contributed by atoms with E-state index in [4.69, 9.17) is 4.74 Å². The van der Waals surface area contributed by atoms with Crippen LogP contribution < -0.4 is 5.32 Å². The Bertz CT molecular complexity index is 196. The smallest absolute Gasteiger partial charge is 0.157 e. The molecule has 3 nitrogen and oxygen atoms in total. The van der Waals surface area contributed by atoms with E-state index in [0.717, 1.165) is 23.9 Å². The second kappa shape index (κ2) is 4.86. The van der Waals surface area contributed by atoms with E-state index in [0.29, 0.717) is 6.61 Å². The van der Waals surface area contributed by atoms with Gasteiger partial charge in [0, 0.05) is 18.4 Å². The summed E-state index contributed by atoms with van der Waals surface area (Å²) in [6.07, 6.45) is 1.14. The SMILES string of the molecule is CCC1(C)CSC(=NCCOC)N1. The Hall–Kier alpha value is -0.220. The van der Waals surface area contributed by atoms with Gasteiger partial charge in [-0.1, -0.05) is 18.7 Å². The summed E-state index contributed by atoms with van der Waals surface area (Å²) < 4.78 is 4.94. The van der Waals surface area contributed by atoms with Gasteiger partial charge in [-0.05, 0) is 13.3 Å². The lowest BCUT2D eigenvalue weighted by atomic mass is 10.0. The van der Waals surface area contributed by atoms with Gasteiger partial charge in [0.2, 0.25) is 0 Å². The van der Waals surface area contributed by atoms with E-state index in [1.54, 1.807) is 7.11 Å². The first kappa shape index (κ1) is 10.9. The van der Waals surface area contributed by atoms with Crippen LogP contribution >= 0.6 is 11.8 Å². The maximum absolute atomic E-state index is 4.94. The van der Waals surface area contributed by atoms with Crippen LogP contribution in [0.2, 0.25) is 0 Å². The number of ether oxygens (including phenoxy) is 1. The van der Waals surface area contributed by atoms with E-state index in [2.05, 4.69) is 24.2 Å². The van der Waals surface area contributed by atoms with E-state index >= 15 is 0 Å². The molecule has 0 saturated carbocycles. The van der Waals surface area contributed by atoms with Crippen LogP contribution in [0.3, 0.4) is 0 Å². The molecule has 76 valence electrons. The van der Waals surface area contributed by atoms with Crippen LogP contribution in [-0.4, -0.2) is 36.7 Å². The summed E-state index contributed by atoms with van der Waals surface area (Å²) in [6.45, 7) is 5.89. The molecule has 1 fully saturated rings. The number of hydrogen-bond acceptors (Lipinski definition) is 3. The predicted molar refractivity (Wildman–Crippen MR) is 58.5 cm³/mol. The van der Waals surface area contributed by atoms with Gasteiger partial charge in [0.1, 0.15) is 0 Å². The molecule has 1 atom stereocenters. The number of rotatable bonds is 4. The van der Waals surface area contributed by atoms with Gasteiger partial charge in [-0.15, -0.1) is 0 Å². The van der Waals surface area contributed by atoms with E-state index in [9.17, 15) is 0 Å². The molecule has 0 aromatic carbocycles. The second-order valence-electron chi connectivity index (χ2n) is 3.51. The van der Waals surface area contributed by atoms with Crippen molar-refractivity contribution >= 4 is 16.9 Å². The molecular weight excluding hydrogens is 184 g/mol. The van der Waals surface area contributed by atoms with Gasteiger partial charge < -0.3 is 10.1 Å². The molecule has 0 aliphatic carbocycles. The minimum Gasteiger partial charge on any atom is -0.383 e. The first-order valence-electron chi connectivity index (χ1n) is 4.64. The minimum absolute atomic E-state index is 0.247. The van der Waals surface area contributed by atoms with Gasteiger partial charge in [-0.25, -0.2) is 0 Å². The number of hydrogen-bond donors (Lipinski definition) is 1. The van der Waals surface area contributed by atoms with Crippen molar-refractivity contribution in [2.75, 3.05) is 26.0 Å². The fourth-order valence-corrected chi connectivity index (χ4v) is 2.30. The topological polar surface area (TPSA) is 33.6 Å². The van der Waals surface area contributed by atoms with Gasteiger partial charge >= 0.3 is 0 Å². The fraction of sp³-hybridized carbons (Fsp3) is 0.889. The lowest BCUT2D eigenvalue weighted by Crippen LogP contribution is -2.39. The highest BCUT2D eigenvalue weighted by molar-refractivity contribution is 8.14. The number of amidine groups is 1. The zero-order valence-electron chi connectivity index (χ0n) is 8.59. The zero-order chi connectivity index (χ0) is 9.73. The quantitative estimate of drug-likeness (QED) is 0.701. The molecule has 0 amide bonds. The summed E-state index contributed by atoms with van der Waals surface area (Å²) >= 11 is 1.81. The van der Waals surface area contributed by atoms with Gasteiger partial charge in [0.15, 0.2) is 5.17 Å². The minimum atomic E-state index is 0.247. The highest BCUT2D eigenvalue weighted by Gasteiger charge is 2.30. The van der Waals surface area contributed by atoms with E-state index in [1.807, 2.05) is 11.8 Å². The van der Waals surface area contributed by atoms with E-state index in [1.165, 1.54) is 0 Å². The molecule has 1 aliphatic heterocycles. The Balaban J connectivity index is 2.35. The fourth-order valence-electron chi connectivity index (χ4n) is 1.07. The van der Waals surface area contributed by atoms with Crippen LogP contribution in [0.15, 0.2) is 4.99 Å². The molecule has 4 heteroatoms. The maximum atomic E-state index is 4.94. The number of nitrogens with one attached hydrogen (secondary N) is 1. The molecule has 1 rings (SSSR count). The van der Waals surface area contributed by atoms with Gasteiger partial charge in [0.05, 0.1) is 13.2 Å². The Morgan fingerprint density at radius 3 is 3.00 bits per heavy atom. The Labute approximate surface area is 84.3 Å². The Morgan fingerprint density at radius 1 is 1.69 bits per heavy atom. The molecule has 1 saturated heterocycles. The van der Waals surface area contributed by atoms with Gasteiger partial charge in [-0.3, -0.25) is 4.99 Å². The lowest BCUT2D eigenvalue weighted by Gasteiger charge is -2.20. The largest absolute Gasteiger partial charge is 0.383 e. The van der Waals surface area contributed by atoms with Crippen LogP contribution in [-0.2, 0) is 4.74 Å². The molecule has 0 bridgehead atoms. The predicted octanol–water partition coefficient (Wildman–Crippen LogP) is 1.49. The van der Waals surface area contributed by atoms with E-state index in [-0.39, 0.29) is 5.54 Å². The molecule has 0 radical (unpaired) electrons. The second-order valence-corrected chi connectivity index (χ2v) is 4.47. The van der Waals surface area contributed by atoms with Crippen LogP contribution in [0.1, 0.15) is 20.3 Å². The van der Waals surface area contributed by atoms with Crippen molar-refractivity contribution in [1.82, 2.24) is 5.32 Å². The van der Waals surface area contributed by atoms with Crippen LogP contribution in [0.4, 0.5) is 0 Å². The van der Waals surface area contributed by atoms with Crippen molar-refractivity contribution in [1.29, 1.82) is 0 Å². The summed E-state index contributed by atoms with van der Waals surface area (Å²) in [4.78, 5) is 4.40. The molecule has 0 aromatic rings. The summed E-state index contributed by atoms with van der Waals surface area (Å²) in [5, 5.41) is 4.50. The average molecular weight is 202 g/mol. The number of thioether (sulfide) groups is 1. The van der Waals surface area contributed by atoms with Crippen LogP contribution in [0.25, 0.3) is 0 Å². The highest BCUT2D eigenvalue weighted by Crippen LogP contribution is 2.25. The van der Waals surface area contributed by atoms with Crippen LogP contribution in [0.5, 0.6) is 0 Å². The lowest BCUT2D eigenvalue weighted by molar-refractivity contribution is 0.208. The zero-order valence-corrected chi connectivity index (χ0v) is 9.41.